The number of ether oxygens (including phenoxy) is 2. The average molecular weight is 755 g/mol. The predicted octanol–water partition coefficient (Wildman–Crippen LogP) is 5.84. The molecule has 0 spiro atoms. The van der Waals surface area contributed by atoms with Gasteiger partial charge in [-0.25, -0.2) is 23.9 Å². The van der Waals surface area contributed by atoms with Crippen LogP contribution < -0.4 is 10.6 Å². The van der Waals surface area contributed by atoms with Crippen LogP contribution in [0.5, 0.6) is 0 Å². The molecule has 4 heterocycles. The molecule has 14 nitrogen and oxygen atoms in total. The molecule has 15 heteroatoms. The van der Waals surface area contributed by atoms with E-state index in [1.807, 2.05) is 61.8 Å². The lowest BCUT2D eigenvalue weighted by molar-refractivity contribution is -0.137. The van der Waals surface area contributed by atoms with Gasteiger partial charge >= 0.3 is 12.2 Å². The molecule has 8 atom stereocenters. The number of likely N-dealkylation sites (tertiary alicyclic amines) is 2. The molecule has 0 unspecified atom stereocenters. The second-order valence-electron chi connectivity index (χ2n) is 16.1. The van der Waals surface area contributed by atoms with E-state index in [-0.39, 0.29) is 47.8 Å². The second kappa shape index (κ2) is 14.0. The summed E-state index contributed by atoms with van der Waals surface area (Å²) in [4.78, 5) is 71.6. The van der Waals surface area contributed by atoms with Crippen molar-refractivity contribution in [3.05, 3.63) is 60.1 Å². The number of hydrogen-bond donors (Lipinski definition) is 4. The number of alkyl carbamates (subject to hydrolysis) is 2. The Morgan fingerprint density at radius 1 is 0.764 bits per heavy atom. The zero-order valence-electron chi connectivity index (χ0n) is 31.8. The number of aromatic amines is 2. The molecule has 4 amide bonds. The van der Waals surface area contributed by atoms with E-state index >= 15 is 4.39 Å². The van der Waals surface area contributed by atoms with Crippen molar-refractivity contribution in [2.45, 2.75) is 89.6 Å². The number of imidazole rings is 2. The smallest absolute Gasteiger partial charge is 0.407 e. The molecule has 2 aliphatic heterocycles. The molecule has 8 rings (SSSR count). The van der Waals surface area contributed by atoms with Crippen molar-refractivity contribution in [1.82, 2.24) is 40.4 Å². The van der Waals surface area contributed by atoms with E-state index in [0.29, 0.717) is 40.3 Å². The highest BCUT2D eigenvalue weighted by Gasteiger charge is 2.57. The van der Waals surface area contributed by atoms with Crippen LogP contribution in [-0.2, 0) is 19.1 Å². The molecular weight excluding hydrogens is 707 g/mol. The molecule has 2 aromatic carbocycles. The lowest BCUT2D eigenvalue weighted by atomic mass is 10.0. The van der Waals surface area contributed by atoms with Crippen LogP contribution in [0.1, 0.15) is 77.1 Å². The van der Waals surface area contributed by atoms with Crippen LogP contribution in [0.4, 0.5) is 14.0 Å². The number of halogens is 1. The number of aromatic nitrogens is 4. The summed E-state index contributed by atoms with van der Waals surface area (Å²) in [5.41, 5.74) is 3.83. The lowest BCUT2D eigenvalue weighted by Crippen LogP contribution is -2.52. The summed E-state index contributed by atoms with van der Waals surface area (Å²) in [6.45, 7) is 7.54. The number of nitrogens with zero attached hydrogens (tertiary/aromatic N) is 4. The molecule has 2 saturated carbocycles. The summed E-state index contributed by atoms with van der Waals surface area (Å²) in [6.07, 6.45) is 3.68. The number of nitrogens with one attached hydrogen (secondary N) is 4. The Morgan fingerprint density at radius 2 is 1.31 bits per heavy atom. The van der Waals surface area contributed by atoms with E-state index in [1.165, 1.54) is 20.3 Å². The topological polar surface area (TPSA) is 175 Å². The van der Waals surface area contributed by atoms with Gasteiger partial charge in [0.25, 0.3) is 0 Å². The standard InChI is InChI=1S/C40H47FN8O6/c1-18(2)33(46-39(52)54-5)37(50)48-29-13-22(29)15-31(48)35-42-17-28(45-35)24-9-7-20(11-25(24)41)21-8-10-26-27(12-21)44-36(43-26)32-16-23-14-30(23)49(32)38(51)34(19(3)4)47-40(53)55-6/h7-12,17-19,22-23,29-34H,13-16H2,1-6H3,(H,42,45)(H,43,44)(H,46,52)(H,47,53)/t22-,23-,29-,30-,31+,32+,33+,34+/m1/s1. The molecule has 2 aliphatic carbocycles. The van der Waals surface area contributed by atoms with Crippen molar-refractivity contribution < 1.29 is 33.0 Å². The van der Waals surface area contributed by atoms with Gasteiger partial charge in [0, 0.05) is 17.6 Å². The number of H-pyrrole nitrogens is 2. The third-order valence-electron chi connectivity index (χ3n) is 11.8. The lowest BCUT2D eigenvalue weighted by Gasteiger charge is -2.31. The number of fused-ring (bicyclic) bond motifs is 3. The number of carbonyl (C=O) groups is 4. The first-order chi connectivity index (χ1) is 26.4. The molecular formula is C40H47FN8O6. The van der Waals surface area contributed by atoms with Gasteiger partial charge < -0.3 is 39.9 Å². The van der Waals surface area contributed by atoms with E-state index in [1.54, 1.807) is 12.3 Å². The molecule has 55 heavy (non-hydrogen) atoms. The molecule has 4 fully saturated rings. The minimum atomic E-state index is -0.743. The van der Waals surface area contributed by atoms with Crippen LogP contribution in [0.2, 0.25) is 0 Å². The fourth-order valence-corrected chi connectivity index (χ4v) is 8.68. The fraction of sp³-hybridized carbons (Fsp3) is 0.500. The predicted molar refractivity (Wildman–Crippen MR) is 200 cm³/mol. The Bertz CT molecular complexity index is 2170. The van der Waals surface area contributed by atoms with E-state index in [2.05, 4.69) is 25.6 Å². The molecule has 2 saturated heterocycles. The largest absolute Gasteiger partial charge is 0.453 e. The minimum Gasteiger partial charge on any atom is -0.453 e. The summed E-state index contributed by atoms with van der Waals surface area (Å²) in [5.74, 6) is 0.994. The molecule has 0 radical (unpaired) electrons. The van der Waals surface area contributed by atoms with Gasteiger partial charge in [-0.2, -0.15) is 0 Å². The normalized spacial score (nSPS) is 24.7. The maximum absolute atomic E-state index is 15.9. The van der Waals surface area contributed by atoms with E-state index in [4.69, 9.17) is 14.5 Å². The second-order valence-corrected chi connectivity index (χ2v) is 16.1. The Kier molecular flexibility index (Phi) is 9.28. The Hall–Kier alpha value is -5.47. The molecule has 290 valence electrons. The summed E-state index contributed by atoms with van der Waals surface area (Å²) in [6, 6.07) is 8.96. The number of methoxy groups -OCH3 is 2. The fourth-order valence-electron chi connectivity index (χ4n) is 8.68. The van der Waals surface area contributed by atoms with Gasteiger partial charge in [-0.15, -0.1) is 0 Å². The molecule has 2 aromatic heterocycles. The zero-order chi connectivity index (χ0) is 38.9. The Morgan fingerprint density at radius 3 is 1.85 bits per heavy atom. The summed E-state index contributed by atoms with van der Waals surface area (Å²) in [5, 5.41) is 5.40. The van der Waals surface area contributed by atoms with Crippen LogP contribution in [0.15, 0.2) is 42.6 Å². The first kappa shape index (κ1) is 36.5. The highest BCUT2D eigenvalue weighted by atomic mass is 19.1. The van der Waals surface area contributed by atoms with Crippen molar-refractivity contribution in [3.8, 4) is 22.4 Å². The van der Waals surface area contributed by atoms with Crippen LogP contribution >= 0.6 is 0 Å². The Labute approximate surface area is 317 Å². The minimum absolute atomic E-state index is 0.0869. The van der Waals surface area contributed by atoms with Gasteiger partial charge in [-0.1, -0.05) is 39.8 Å². The van der Waals surface area contributed by atoms with Gasteiger partial charge in [0.1, 0.15) is 29.5 Å². The number of carbonyl (C=O) groups excluding carboxylic acids is 4. The van der Waals surface area contributed by atoms with Crippen LogP contribution in [0.25, 0.3) is 33.4 Å². The van der Waals surface area contributed by atoms with Gasteiger partial charge in [0.05, 0.1) is 49.2 Å². The van der Waals surface area contributed by atoms with E-state index in [0.717, 1.165) is 42.3 Å². The van der Waals surface area contributed by atoms with Crippen molar-refractivity contribution in [1.29, 1.82) is 0 Å². The van der Waals surface area contributed by atoms with Gasteiger partial charge in [0.2, 0.25) is 11.8 Å². The maximum Gasteiger partial charge on any atom is 0.407 e. The first-order valence-corrected chi connectivity index (χ1v) is 19.0. The summed E-state index contributed by atoms with van der Waals surface area (Å²) < 4.78 is 25.4. The molecule has 4 N–H and O–H groups in total. The zero-order valence-corrected chi connectivity index (χ0v) is 31.8. The highest BCUT2D eigenvalue weighted by Crippen LogP contribution is 2.54. The quantitative estimate of drug-likeness (QED) is 0.156. The molecule has 0 bridgehead atoms. The number of rotatable bonds is 10. The number of piperidine rings is 2. The van der Waals surface area contributed by atoms with Gasteiger partial charge in [-0.3, -0.25) is 9.59 Å². The summed E-state index contributed by atoms with van der Waals surface area (Å²) in [7, 11) is 2.55. The number of amides is 4. The van der Waals surface area contributed by atoms with E-state index < -0.39 is 30.1 Å². The van der Waals surface area contributed by atoms with Crippen LogP contribution in [0, 0.1) is 29.5 Å². The first-order valence-electron chi connectivity index (χ1n) is 19.0. The number of hydrogen-bond acceptors (Lipinski definition) is 8. The Balaban J connectivity index is 0.998. The molecule has 4 aromatic rings. The third kappa shape index (κ3) is 6.67. The summed E-state index contributed by atoms with van der Waals surface area (Å²) >= 11 is 0. The molecule has 4 aliphatic rings. The van der Waals surface area contributed by atoms with Crippen molar-refractivity contribution in [2.24, 2.45) is 23.7 Å². The van der Waals surface area contributed by atoms with Gasteiger partial charge in [-0.05, 0) is 84.7 Å². The van der Waals surface area contributed by atoms with Crippen LogP contribution in [-0.4, -0.2) is 92.1 Å². The monoisotopic (exact) mass is 754 g/mol. The van der Waals surface area contributed by atoms with Gasteiger partial charge in [0.15, 0.2) is 0 Å². The SMILES string of the molecule is COC(=O)N[C@H](C(=O)N1[C@@H]2C[C@@H]2C[C@H]1c1ncc(-c2ccc(-c3ccc4nc([C@@H]5C[C@H]6C[C@H]6N5C(=O)[C@@H](NC(=O)OC)C(C)C)[nH]c4c3)cc2F)[nH]1)C(C)C. The van der Waals surface area contributed by atoms with Crippen molar-refractivity contribution in [3.63, 3.8) is 0 Å². The van der Waals surface area contributed by atoms with E-state index in [9.17, 15) is 19.2 Å². The van der Waals surface area contributed by atoms with Crippen molar-refractivity contribution >= 4 is 35.0 Å². The third-order valence-corrected chi connectivity index (χ3v) is 11.8. The van der Waals surface area contributed by atoms with Crippen molar-refractivity contribution in [2.75, 3.05) is 14.2 Å². The highest BCUT2D eigenvalue weighted by molar-refractivity contribution is 5.88. The maximum atomic E-state index is 15.9. The van der Waals surface area contributed by atoms with Crippen LogP contribution in [0.3, 0.4) is 0 Å². The number of benzene rings is 2. The average Bonchev–Trinajstić information content (AvgIpc) is 3.79.